The molecular weight excluding hydrogens is 1410 g/mol. The summed E-state index contributed by atoms with van der Waals surface area (Å²) in [6.07, 6.45) is 21.7. The Labute approximate surface area is 711 Å². The van der Waals surface area contributed by atoms with Crippen molar-refractivity contribution < 1.29 is 21.0 Å². The van der Waals surface area contributed by atoms with Crippen LogP contribution >= 0.6 is 0 Å². The molecule has 14 rings (SSSR count). The van der Waals surface area contributed by atoms with Crippen molar-refractivity contribution in [3.8, 4) is 89.5 Å². The van der Waals surface area contributed by atoms with Gasteiger partial charge in [0, 0.05) is 73.5 Å². The van der Waals surface area contributed by atoms with E-state index < -0.39 is 11.8 Å². The van der Waals surface area contributed by atoms with Crippen LogP contribution in [-0.4, -0.2) is 0 Å². The lowest BCUT2D eigenvalue weighted by Crippen LogP contribution is -2.30. The maximum Gasteiger partial charge on any atom is 0.213 e. The molecule has 2 aliphatic rings. The third-order valence-electron chi connectivity index (χ3n) is 25.2. The second-order valence-corrected chi connectivity index (χ2v) is 39.1. The molecule has 2 saturated carbocycles. The van der Waals surface area contributed by atoms with Crippen molar-refractivity contribution in [2.24, 2.45) is 73.5 Å². The second-order valence-electron chi connectivity index (χ2n) is 39.1. The van der Waals surface area contributed by atoms with Crippen LogP contribution in [0.2, 0.25) is 0 Å². The van der Waals surface area contributed by atoms with E-state index >= 15 is 0 Å². The minimum absolute atomic E-state index is 0.175. The predicted octanol–water partition coefficient (Wildman–Crippen LogP) is 29.2. The maximum atomic E-state index is 9.43. The summed E-state index contributed by atoms with van der Waals surface area (Å²) >= 11 is 0. The number of hydrogen-bond acceptors (Lipinski definition) is 0. The molecule has 0 amide bonds. The largest absolute Gasteiger partial charge is 0.213 e. The average Bonchev–Trinajstić information content (AvgIpc) is 0.744. The molecule has 4 heteroatoms. The van der Waals surface area contributed by atoms with Gasteiger partial charge in [0.05, 0.1) is 0 Å². The van der Waals surface area contributed by atoms with Crippen molar-refractivity contribution in [2.45, 2.75) is 220 Å². The zero-order chi connectivity index (χ0) is 86.1. The van der Waals surface area contributed by atoms with E-state index in [-0.39, 0.29) is 33.5 Å². The number of hydrogen-bond donors (Lipinski definition) is 0. The van der Waals surface area contributed by atoms with Crippen LogP contribution in [-0.2, 0) is 28.2 Å². The van der Waals surface area contributed by atoms with E-state index in [2.05, 4.69) is 452 Å². The van der Waals surface area contributed by atoms with E-state index in [9.17, 15) is 1.37 Å². The summed E-state index contributed by atoms with van der Waals surface area (Å²) < 4.78 is 27.3. The zero-order valence-corrected chi connectivity index (χ0v) is 76.0. The normalized spacial score (nSPS) is 15.3. The molecule has 0 unspecified atom stereocenters. The summed E-state index contributed by atoms with van der Waals surface area (Å²) in [6, 6.07) is 88.2. The molecule has 2 fully saturated rings. The first-order valence-corrected chi connectivity index (χ1v) is 43.9. The minimum atomic E-state index is -0.687. The number of benzene rings is 8. The Morgan fingerprint density at radius 3 is 0.846 bits per heavy atom. The van der Waals surface area contributed by atoms with Gasteiger partial charge in [-0.25, -0.2) is 18.3 Å². The Kier molecular flexibility index (Phi) is 28.0. The molecule has 117 heavy (non-hydrogen) atoms. The second kappa shape index (κ2) is 38.4. The van der Waals surface area contributed by atoms with Crippen LogP contribution in [0.3, 0.4) is 0 Å². The molecule has 0 bridgehead atoms. The Hall–Kier alpha value is -9.64. The van der Waals surface area contributed by atoms with Crippen LogP contribution in [0.4, 0.5) is 0 Å². The lowest BCUT2D eigenvalue weighted by atomic mass is 9.63. The number of pyridine rings is 4. The first kappa shape index (κ1) is 85.2. The Bertz CT molecular complexity index is 5310. The standard InChI is InChI=1S/C31H38N.2C28H36N.C26H32N/c1-23-8-6-7-11-30(23)31-22-29(20-21-32(31)2)28-18-16-27(17-19-28)26-14-12-25(13-15-26)24-9-4-3-5-10-24;2*1-20-11-9-10-12-24(20)25-19-23(17-18-29(25)8)21-13-15-22(16-14-21)26(27(2,3)4)28(5,6)7;1-18(2)26(19(3)4)22-13-11-21(12-14-22)23-15-16-27(6)25(17-23)24-10-8-7-9-20(24)5/h6-8,11,16-22,24-26H,3-5,9-10,12-15H2,1-2H3;2*9-19,26H,1-8H3;7-19,26H,1-6H3/q4*+1/i;26D;;26D. The summed E-state index contributed by atoms with van der Waals surface area (Å²) in [7, 11) is 8.44. The van der Waals surface area contributed by atoms with Gasteiger partial charge in [0.25, 0.3) is 0 Å². The first-order chi connectivity index (χ1) is 56.3. The SMILES string of the molecule is Cc1ccccc1-c1cc(-c2ccc(C(C(C)(C)C)C(C)(C)C)cc2)cc[n+]1C.Cc1ccccc1-c1cc(-c2ccc(C3CCC(C4CCCCC4)CC3)cc2)cc[n+]1C.[2H]C(c1ccc(-c2cc[n+](C)c(-c3ccccc3C)c2)cc1)(C(C)(C)C)C(C)(C)C.[2H]C(c1ccc(-c2cc[n+](C)c(-c3ccccc3C)c2)cc1)(C(C)C)C(C)C. The lowest BCUT2D eigenvalue weighted by Gasteiger charge is -2.41. The molecule has 8 aromatic carbocycles. The van der Waals surface area contributed by atoms with Crippen molar-refractivity contribution in [2.75, 3.05) is 0 Å². The van der Waals surface area contributed by atoms with Gasteiger partial charge in [0.15, 0.2) is 24.8 Å². The highest BCUT2D eigenvalue weighted by atomic mass is 14.9. The quantitative estimate of drug-likeness (QED) is 0.0909. The third kappa shape index (κ3) is 22.2. The summed E-state index contributed by atoms with van der Waals surface area (Å²) in [4.78, 5) is 0. The first-order valence-electron chi connectivity index (χ1n) is 44.9. The highest BCUT2D eigenvalue weighted by molar-refractivity contribution is 5.74. The van der Waals surface area contributed by atoms with Crippen LogP contribution in [0.15, 0.2) is 267 Å². The summed E-state index contributed by atoms with van der Waals surface area (Å²) in [5.41, 5.74) is 30.4. The van der Waals surface area contributed by atoms with E-state index in [1.165, 1.54) is 175 Å². The van der Waals surface area contributed by atoms with Crippen LogP contribution in [0, 0.1) is 73.0 Å². The van der Waals surface area contributed by atoms with Gasteiger partial charge in [0.1, 0.15) is 28.2 Å². The molecule has 2 aliphatic carbocycles. The molecule has 0 saturated heterocycles. The van der Waals surface area contributed by atoms with Crippen molar-refractivity contribution in [3.05, 3.63) is 312 Å². The van der Waals surface area contributed by atoms with Gasteiger partial charge in [-0.2, -0.15) is 0 Å². The predicted molar refractivity (Wildman–Crippen MR) is 500 cm³/mol. The number of nitrogens with zero attached hydrogens (tertiary/aromatic N) is 4. The van der Waals surface area contributed by atoms with Crippen molar-refractivity contribution >= 4 is 0 Å². The molecule has 0 N–H and O–H groups in total. The van der Waals surface area contributed by atoms with Gasteiger partial charge in [-0.05, 0) is 236 Å². The number of aryl methyl sites for hydroxylation is 8. The molecular formula is C113H142N4+4. The highest BCUT2D eigenvalue weighted by Gasteiger charge is 2.38. The minimum Gasteiger partial charge on any atom is -0.201 e. The van der Waals surface area contributed by atoms with Gasteiger partial charge >= 0.3 is 0 Å². The topological polar surface area (TPSA) is 15.5 Å². The van der Waals surface area contributed by atoms with Crippen LogP contribution in [0.25, 0.3) is 89.5 Å². The van der Waals surface area contributed by atoms with Gasteiger partial charge in [-0.15, -0.1) is 0 Å². The lowest BCUT2D eigenvalue weighted by molar-refractivity contribution is -0.660. The van der Waals surface area contributed by atoms with Crippen molar-refractivity contribution in [1.82, 2.24) is 0 Å². The van der Waals surface area contributed by atoms with Crippen molar-refractivity contribution in [3.63, 3.8) is 0 Å². The third-order valence-corrected chi connectivity index (χ3v) is 25.2. The fraction of sp³-hybridized carbons (Fsp3) is 0.398. The zero-order valence-electron chi connectivity index (χ0n) is 78.0. The molecule has 4 nitrogen and oxygen atoms in total. The summed E-state index contributed by atoms with van der Waals surface area (Å²) in [5, 5.41) is 0. The Morgan fingerprint density at radius 2 is 0.564 bits per heavy atom. The Morgan fingerprint density at radius 1 is 0.291 bits per heavy atom. The molecule has 12 aromatic rings. The van der Waals surface area contributed by atoms with Gasteiger partial charge in [-0.1, -0.05) is 313 Å². The fourth-order valence-corrected chi connectivity index (χ4v) is 20.2. The van der Waals surface area contributed by atoms with Crippen LogP contribution in [0.5, 0.6) is 0 Å². The molecule has 0 aliphatic heterocycles. The molecule has 0 radical (unpaired) electrons. The van der Waals surface area contributed by atoms with Crippen molar-refractivity contribution in [1.29, 1.82) is 0 Å². The smallest absolute Gasteiger partial charge is 0.201 e. The van der Waals surface area contributed by atoms with Gasteiger partial charge in [-0.3, -0.25) is 0 Å². The summed E-state index contributed by atoms with van der Waals surface area (Å²) in [6.45, 7) is 44.4. The molecule has 0 atom stereocenters. The van der Waals surface area contributed by atoms with Gasteiger partial charge < -0.3 is 0 Å². The van der Waals surface area contributed by atoms with E-state index in [0.29, 0.717) is 5.92 Å². The average molecular weight is 1560 g/mol. The highest BCUT2D eigenvalue weighted by Crippen LogP contribution is 2.50. The summed E-state index contributed by atoms with van der Waals surface area (Å²) in [5.74, 6) is 2.59. The fourth-order valence-electron chi connectivity index (χ4n) is 20.2. The van der Waals surface area contributed by atoms with E-state index in [1.54, 1.807) is 5.56 Å². The number of rotatable bonds is 15. The molecule has 4 heterocycles. The molecule has 4 aromatic heterocycles. The van der Waals surface area contributed by atoms with Gasteiger partial charge in [0.2, 0.25) is 22.8 Å². The monoisotopic (exact) mass is 1560 g/mol. The maximum absolute atomic E-state index is 9.43. The Balaban J connectivity index is 0.000000156. The van der Waals surface area contributed by atoms with Crippen LogP contribution < -0.4 is 18.3 Å². The van der Waals surface area contributed by atoms with E-state index in [0.717, 1.165) is 28.9 Å². The number of aromatic nitrogens is 4. The van der Waals surface area contributed by atoms with E-state index in [4.69, 9.17) is 1.37 Å². The molecule has 0 spiro atoms. The van der Waals surface area contributed by atoms with Crippen LogP contribution in [0.1, 0.15) is 239 Å². The van der Waals surface area contributed by atoms with E-state index in [1.807, 2.05) is 0 Å². The molecule has 610 valence electrons.